The summed E-state index contributed by atoms with van der Waals surface area (Å²) in [6, 6.07) is 7.42. The highest BCUT2D eigenvalue weighted by Gasteiger charge is 2.31. The first-order chi connectivity index (χ1) is 15.9. The van der Waals surface area contributed by atoms with E-state index in [0.717, 1.165) is 24.3 Å². The predicted octanol–water partition coefficient (Wildman–Crippen LogP) is 3.48. The second kappa shape index (κ2) is 9.13. The van der Waals surface area contributed by atoms with E-state index in [1.165, 1.54) is 36.9 Å². The van der Waals surface area contributed by atoms with E-state index in [4.69, 9.17) is 5.11 Å². The molecule has 0 bridgehead atoms. The van der Waals surface area contributed by atoms with Gasteiger partial charge in [0.15, 0.2) is 12.7 Å². The fourth-order valence-corrected chi connectivity index (χ4v) is 3.14. The zero-order valence-electron chi connectivity index (χ0n) is 17.6. The van der Waals surface area contributed by atoms with Crippen molar-refractivity contribution >= 4 is 23.3 Å². The number of aromatic hydroxyl groups is 1. The van der Waals surface area contributed by atoms with Gasteiger partial charge in [0.1, 0.15) is 5.69 Å². The summed E-state index contributed by atoms with van der Waals surface area (Å²) >= 11 is 0. The fraction of sp³-hybridized carbons (Fsp3) is 0.143. The molecule has 34 heavy (non-hydrogen) atoms. The van der Waals surface area contributed by atoms with Crippen LogP contribution in [-0.2, 0) is 13.2 Å². The molecule has 0 radical (unpaired) electrons. The van der Waals surface area contributed by atoms with Gasteiger partial charge in [-0.15, -0.1) is 9.59 Å². The topological polar surface area (TPSA) is 148 Å². The van der Waals surface area contributed by atoms with E-state index in [1.807, 2.05) is 0 Å². The van der Waals surface area contributed by atoms with Crippen molar-refractivity contribution in [3.63, 3.8) is 0 Å². The molecule has 13 heteroatoms. The number of hydrogen-bond acceptors (Lipinski definition) is 6. The van der Waals surface area contributed by atoms with Crippen LogP contribution in [0, 0.1) is 4.91 Å². The third-order valence-electron chi connectivity index (χ3n) is 4.84. The van der Waals surface area contributed by atoms with Gasteiger partial charge in [-0.25, -0.2) is 10.2 Å². The summed E-state index contributed by atoms with van der Waals surface area (Å²) < 4.78 is 39.8. The molecule has 1 aromatic heterocycles. The summed E-state index contributed by atoms with van der Waals surface area (Å²) in [5.74, 6) is -2.47. The van der Waals surface area contributed by atoms with Crippen LogP contribution in [0.1, 0.15) is 38.9 Å². The third kappa shape index (κ3) is 4.77. The van der Waals surface area contributed by atoms with Crippen molar-refractivity contribution in [1.82, 2.24) is 10.5 Å². The van der Waals surface area contributed by atoms with Crippen LogP contribution >= 0.6 is 0 Å². The van der Waals surface area contributed by atoms with Crippen molar-refractivity contribution in [2.75, 3.05) is 0 Å². The van der Waals surface area contributed by atoms with E-state index in [2.05, 4.69) is 20.8 Å². The molecule has 0 saturated carbocycles. The van der Waals surface area contributed by atoms with Gasteiger partial charge in [-0.05, 0) is 54.6 Å². The largest absolute Gasteiger partial charge is 0.501 e. The molecule has 3 aromatic rings. The first-order valence-corrected chi connectivity index (χ1v) is 9.48. The second-order valence-electron chi connectivity index (χ2n) is 7.08. The van der Waals surface area contributed by atoms with Gasteiger partial charge >= 0.3 is 12.1 Å². The summed E-state index contributed by atoms with van der Waals surface area (Å²) in [6.45, 7) is 1.45. The lowest BCUT2D eigenvalue weighted by molar-refractivity contribution is -0.716. The number of carbonyl (C=O) groups excluding carboxylic acids is 1. The van der Waals surface area contributed by atoms with Gasteiger partial charge in [-0.1, -0.05) is 0 Å². The van der Waals surface area contributed by atoms with Gasteiger partial charge < -0.3 is 10.2 Å². The lowest BCUT2D eigenvalue weighted by Crippen LogP contribution is -2.32. The van der Waals surface area contributed by atoms with Crippen molar-refractivity contribution in [3.8, 4) is 17.0 Å². The fourth-order valence-electron chi connectivity index (χ4n) is 3.14. The minimum atomic E-state index is -4.50. The molecule has 0 aliphatic heterocycles. The summed E-state index contributed by atoms with van der Waals surface area (Å²) in [5, 5.41) is 28.9. The Hall–Kier alpha value is -4.55. The molecule has 0 spiro atoms. The number of amides is 1. The van der Waals surface area contributed by atoms with Crippen molar-refractivity contribution in [2.24, 2.45) is 17.3 Å². The molecule has 0 unspecified atom stereocenters. The summed E-state index contributed by atoms with van der Waals surface area (Å²) in [4.78, 5) is 34.3. The molecule has 0 aliphatic rings. The Kier molecular flexibility index (Phi) is 6.47. The van der Waals surface area contributed by atoms with Crippen LogP contribution in [0.15, 0.2) is 52.7 Å². The molecular weight excluding hydrogens is 459 g/mol. The lowest BCUT2D eigenvalue weighted by atomic mass is 10.1. The maximum absolute atomic E-state index is 12.8. The molecular formula is C21H17F3N5O5+. The predicted molar refractivity (Wildman–Crippen MR) is 113 cm³/mol. The van der Waals surface area contributed by atoms with Gasteiger partial charge in [0.25, 0.3) is 11.6 Å². The number of carboxylic acids is 1. The minimum absolute atomic E-state index is 0.0807. The van der Waals surface area contributed by atoms with E-state index >= 15 is 0 Å². The number of aromatic carboxylic acids is 1. The average Bonchev–Trinajstić information content (AvgIpc) is 3.09. The van der Waals surface area contributed by atoms with Crippen LogP contribution in [0.2, 0.25) is 0 Å². The smallest absolute Gasteiger partial charge is 0.416 e. The summed E-state index contributed by atoms with van der Waals surface area (Å²) in [6.07, 6.45) is -4.50. The summed E-state index contributed by atoms with van der Waals surface area (Å²) in [7, 11) is 1.53. The van der Waals surface area contributed by atoms with Gasteiger partial charge in [0.2, 0.25) is 5.75 Å². The van der Waals surface area contributed by atoms with Crippen LogP contribution in [0.4, 0.5) is 18.9 Å². The van der Waals surface area contributed by atoms with E-state index in [9.17, 15) is 32.8 Å². The van der Waals surface area contributed by atoms with Gasteiger partial charge in [0.05, 0.1) is 22.4 Å². The number of carbonyl (C=O) groups is 2. The molecule has 1 amide bonds. The number of hydrogen-bond donors (Lipinski definition) is 4. The Morgan fingerprint density at radius 1 is 1.12 bits per heavy atom. The SMILES string of the molecule is C/C(=N\NC(=O)c1ccc(C(=O)O)c(N=O)c1)c1[nH][n+](C)c(-c2ccc(C(F)(F)F)cc2)c1O. The van der Waals surface area contributed by atoms with Crippen LogP contribution in [0.5, 0.6) is 5.75 Å². The molecule has 3 rings (SSSR count). The lowest BCUT2D eigenvalue weighted by Gasteiger charge is -2.06. The number of nitrogens with zero attached hydrogens (tertiary/aromatic N) is 3. The number of hydrazone groups is 1. The first kappa shape index (κ1) is 24.1. The number of aromatic nitrogens is 2. The zero-order chi connectivity index (χ0) is 25.2. The average molecular weight is 476 g/mol. The normalized spacial score (nSPS) is 11.9. The number of nitrogens with one attached hydrogen (secondary N) is 2. The Bertz CT molecular complexity index is 1310. The number of aryl methyl sites for hydroxylation is 1. The Labute approximate surface area is 189 Å². The van der Waals surface area contributed by atoms with Crippen LogP contribution in [0.3, 0.4) is 0 Å². The number of benzene rings is 2. The Balaban J connectivity index is 1.85. The van der Waals surface area contributed by atoms with Crippen molar-refractivity contribution in [2.45, 2.75) is 13.1 Å². The van der Waals surface area contributed by atoms with E-state index in [1.54, 1.807) is 0 Å². The molecule has 0 fully saturated rings. The zero-order valence-corrected chi connectivity index (χ0v) is 17.6. The van der Waals surface area contributed by atoms with E-state index in [-0.39, 0.29) is 34.0 Å². The maximum atomic E-state index is 12.8. The van der Waals surface area contributed by atoms with Gasteiger partial charge in [0, 0.05) is 5.56 Å². The van der Waals surface area contributed by atoms with Crippen LogP contribution in [0.25, 0.3) is 11.3 Å². The molecule has 0 saturated heterocycles. The van der Waals surface area contributed by atoms with Crippen molar-refractivity contribution in [1.29, 1.82) is 0 Å². The highest BCUT2D eigenvalue weighted by Crippen LogP contribution is 2.33. The number of nitroso groups, excluding NO2 is 1. The highest BCUT2D eigenvalue weighted by atomic mass is 19.4. The summed E-state index contributed by atoms with van der Waals surface area (Å²) in [5.41, 5.74) is 1.20. The number of aromatic amines is 1. The van der Waals surface area contributed by atoms with Gasteiger partial charge in [-0.2, -0.15) is 23.4 Å². The van der Waals surface area contributed by atoms with Crippen LogP contribution in [-0.4, -0.2) is 32.9 Å². The Morgan fingerprint density at radius 2 is 1.76 bits per heavy atom. The second-order valence-corrected chi connectivity index (χ2v) is 7.08. The third-order valence-corrected chi connectivity index (χ3v) is 4.84. The number of halogens is 3. The molecule has 176 valence electrons. The number of rotatable bonds is 6. The monoisotopic (exact) mass is 476 g/mol. The standard InChI is InChI=1S/C21H16F3N5O5/c1-10(25-26-19(31)12-5-8-14(20(32)33)15(9-12)28-34)16-18(30)17(29(2)27-16)11-3-6-13(7-4-11)21(22,23)24/h3-9H,1-2H3,(H3,26,27,30,31,32,33)/p+1. The minimum Gasteiger partial charge on any atom is -0.501 e. The molecule has 0 atom stereocenters. The maximum Gasteiger partial charge on any atom is 0.416 e. The number of alkyl halides is 3. The van der Waals surface area contributed by atoms with E-state index < -0.39 is 29.3 Å². The number of H-pyrrole nitrogens is 1. The van der Waals surface area contributed by atoms with Gasteiger partial charge in [-0.3, -0.25) is 4.79 Å². The van der Waals surface area contributed by atoms with Crippen molar-refractivity contribution < 1.29 is 37.7 Å². The van der Waals surface area contributed by atoms with E-state index in [0.29, 0.717) is 5.56 Å². The van der Waals surface area contributed by atoms with Crippen LogP contribution < -0.4 is 10.1 Å². The van der Waals surface area contributed by atoms with Crippen molar-refractivity contribution in [3.05, 3.63) is 69.8 Å². The molecule has 4 N–H and O–H groups in total. The molecule has 10 nitrogen and oxygen atoms in total. The molecule has 1 heterocycles. The number of carboxylic acid groups (broad SMARTS) is 1. The Morgan fingerprint density at radius 3 is 2.32 bits per heavy atom. The quantitative estimate of drug-likeness (QED) is 0.186. The highest BCUT2D eigenvalue weighted by molar-refractivity contribution is 6.03. The molecule has 2 aromatic carbocycles. The first-order valence-electron chi connectivity index (χ1n) is 9.48. The molecule has 0 aliphatic carbocycles.